The van der Waals surface area contributed by atoms with E-state index in [0.29, 0.717) is 12.6 Å². The molecule has 0 saturated carbocycles. The van der Waals surface area contributed by atoms with Crippen molar-refractivity contribution in [2.45, 2.75) is 33.2 Å². The van der Waals surface area contributed by atoms with E-state index < -0.39 is 0 Å². The molecule has 0 aromatic rings. The standard InChI is InChI=1S/C9H18N2O2.C2H6/c1-4-13-9(12)11-6-5-8(7-11)10(2)3;1-2/h8H,4-7H2,1-3H3;1-2H3. The molecule has 0 radical (unpaired) electrons. The first-order chi connectivity index (χ1) is 7.15. The first-order valence-electron chi connectivity index (χ1n) is 5.73. The van der Waals surface area contributed by atoms with Crippen LogP contribution in [0.5, 0.6) is 0 Å². The number of likely N-dealkylation sites (tertiary alicyclic amines) is 1. The van der Waals surface area contributed by atoms with E-state index in [2.05, 4.69) is 4.90 Å². The number of carbonyl (C=O) groups is 1. The molecule has 1 aliphatic rings. The van der Waals surface area contributed by atoms with Crippen LogP contribution in [0.4, 0.5) is 4.79 Å². The van der Waals surface area contributed by atoms with Gasteiger partial charge in [0.2, 0.25) is 0 Å². The molecule has 1 atom stereocenters. The minimum atomic E-state index is -0.174. The summed E-state index contributed by atoms with van der Waals surface area (Å²) in [5, 5.41) is 0. The van der Waals surface area contributed by atoms with E-state index in [1.165, 1.54) is 0 Å². The Labute approximate surface area is 93.2 Å². The number of carbonyl (C=O) groups excluding carboxylic acids is 1. The molecule has 0 aliphatic carbocycles. The zero-order valence-corrected chi connectivity index (χ0v) is 10.6. The smallest absolute Gasteiger partial charge is 0.409 e. The molecule has 1 unspecified atom stereocenters. The third kappa shape index (κ3) is 4.51. The van der Waals surface area contributed by atoms with E-state index >= 15 is 0 Å². The Bertz CT molecular complexity index is 183. The van der Waals surface area contributed by atoms with Crippen LogP contribution in [0.2, 0.25) is 0 Å². The first kappa shape index (κ1) is 14.2. The highest BCUT2D eigenvalue weighted by Gasteiger charge is 2.27. The molecule has 4 nitrogen and oxygen atoms in total. The van der Waals surface area contributed by atoms with E-state index in [0.717, 1.165) is 19.5 Å². The maximum absolute atomic E-state index is 11.3. The van der Waals surface area contributed by atoms with Gasteiger partial charge in [0, 0.05) is 19.1 Å². The quantitative estimate of drug-likeness (QED) is 0.705. The summed E-state index contributed by atoms with van der Waals surface area (Å²) in [5.74, 6) is 0. The zero-order valence-electron chi connectivity index (χ0n) is 10.6. The Morgan fingerprint density at radius 3 is 2.47 bits per heavy atom. The lowest BCUT2D eigenvalue weighted by Crippen LogP contribution is -2.34. The number of ether oxygens (including phenoxy) is 1. The van der Waals surface area contributed by atoms with Crippen molar-refractivity contribution in [1.82, 2.24) is 9.80 Å². The highest BCUT2D eigenvalue weighted by molar-refractivity contribution is 5.68. The Kier molecular flexibility index (Phi) is 7.13. The van der Waals surface area contributed by atoms with Crippen LogP contribution >= 0.6 is 0 Å². The highest BCUT2D eigenvalue weighted by atomic mass is 16.6. The van der Waals surface area contributed by atoms with Gasteiger partial charge >= 0.3 is 6.09 Å². The van der Waals surface area contributed by atoms with Crippen LogP contribution in [0.1, 0.15) is 27.2 Å². The average Bonchev–Trinajstić information content (AvgIpc) is 2.70. The monoisotopic (exact) mass is 216 g/mol. The summed E-state index contributed by atoms with van der Waals surface area (Å²) < 4.78 is 4.92. The fraction of sp³-hybridized carbons (Fsp3) is 0.909. The van der Waals surface area contributed by atoms with E-state index in [4.69, 9.17) is 4.74 Å². The van der Waals surface area contributed by atoms with Gasteiger partial charge in [-0.25, -0.2) is 4.79 Å². The number of hydrogen-bond acceptors (Lipinski definition) is 3. The summed E-state index contributed by atoms with van der Waals surface area (Å²) in [7, 11) is 4.08. The molecule has 15 heavy (non-hydrogen) atoms. The largest absolute Gasteiger partial charge is 0.450 e. The highest BCUT2D eigenvalue weighted by Crippen LogP contribution is 2.13. The molecule has 1 heterocycles. The van der Waals surface area contributed by atoms with Gasteiger partial charge in [-0.05, 0) is 27.4 Å². The van der Waals surface area contributed by atoms with Gasteiger partial charge in [-0.3, -0.25) is 0 Å². The van der Waals surface area contributed by atoms with E-state index in [1.54, 1.807) is 4.90 Å². The van der Waals surface area contributed by atoms with Gasteiger partial charge in [0.15, 0.2) is 0 Å². The topological polar surface area (TPSA) is 32.8 Å². The molecular weight excluding hydrogens is 192 g/mol. The molecule has 1 amide bonds. The van der Waals surface area contributed by atoms with Crippen molar-refractivity contribution in [2.24, 2.45) is 0 Å². The minimum Gasteiger partial charge on any atom is -0.450 e. The molecule has 0 bridgehead atoms. The molecule has 90 valence electrons. The molecule has 0 spiro atoms. The first-order valence-corrected chi connectivity index (χ1v) is 5.73. The summed E-state index contributed by atoms with van der Waals surface area (Å²) >= 11 is 0. The van der Waals surface area contributed by atoms with Crippen LogP contribution in [0.25, 0.3) is 0 Å². The van der Waals surface area contributed by atoms with Gasteiger partial charge in [-0.2, -0.15) is 0 Å². The molecular formula is C11H24N2O2. The molecule has 1 rings (SSSR count). The molecule has 1 aliphatic heterocycles. The molecule has 0 N–H and O–H groups in total. The lowest BCUT2D eigenvalue weighted by atomic mass is 10.2. The predicted molar refractivity (Wildman–Crippen MR) is 62.0 cm³/mol. The van der Waals surface area contributed by atoms with E-state index in [-0.39, 0.29) is 6.09 Å². The van der Waals surface area contributed by atoms with Crippen LogP contribution in [0, 0.1) is 0 Å². The number of nitrogens with zero attached hydrogens (tertiary/aromatic N) is 2. The maximum atomic E-state index is 11.3. The van der Waals surface area contributed by atoms with Gasteiger partial charge in [-0.1, -0.05) is 13.8 Å². The van der Waals surface area contributed by atoms with Crippen LogP contribution in [0.3, 0.4) is 0 Å². The van der Waals surface area contributed by atoms with E-state index in [9.17, 15) is 4.79 Å². The molecule has 0 aromatic heterocycles. The van der Waals surface area contributed by atoms with Crippen molar-refractivity contribution in [2.75, 3.05) is 33.8 Å². The van der Waals surface area contributed by atoms with Gasteiger partial charge in [0.1, 0.15) is 0 Å². The lowest BCUT2D eigenvalue weighted by molar-refractivity contribution is 0.113. The second-order valence-electron chi connectivity index (χ2n) is 3.55. The van der Waals surface area contributed by atoms with Gasteiger partial charge in [-0.15, -0.1) is 0 Å². The average molecular weight is 216 g/mol. The van der Waals surface area contributed by atoms with Crippen molar-refractivity contribution < 1.29 is 9.53 Å². The van der Waals surface area contributed by atoms with Crippen molar-refractivity contribution in [1.29, 1.82) is 0 Å². The second kappa shape index (κ2) is 7.51. The van der Waals surface area contributed by atoms with Gasteiger partial charge in [0.25, 0.3) is 0 Å². The molecule has 1 saturated heterocycles. The Morgan fingerprint density at radius 2 is 2.07 bits per heavy atom. The molecule has 4 heteroatoms. The van der Waals surface area contributed by atoms with Crippen LogP contribution in [-0.2, 0) is 4.74 Å². The number of rotatable bonds is 2. The van der Waals surface area contributed by atoms with Gasteiger partial charge < -0.3 is 14.5 Å². The Balaban J connectivity index is 0.000000921. The number of likely N-dealkylation sites (N-methyl/N-ethyl adjacent to an activating group) is 1. The summed E-state index contributed by atoms with van der Waals surface area (Å²) in [4.78, 5) is 15.2. The van der Waals surface area contributed by atoms with Crippen molar-refractivity contribution in [3.63, 3.8) is 0 Å². The lowest BCUT2D eigenvalue weighted by Gasteiger charge is -2.19. The second-order valence-corrected chi connectivity index (χ2v) is 3.55. The third-order valence-corrected chi connectivity index (χ3v) is 2.42. The van der Waals surface area contributed by atoms with Crippen LogP contribution in [0.15, 0.2) is 0 Å². The summed E-state index contributed by atoms with van der Waals surface area (Å²) in [6.45, 7) is 7.91. The number of hydrogen-bond donors (Lipinski definition) is 0. The fourth-order valence-electron chi connectivity index (χ4n) is 1.54. The summed E-state index contributed by atoms with van der Waals surface area (Å²) in [5.41, 5.74) is 0. The van der Waals surface area contributed by atoms with Crippen LogP contribution < -0.4 is 0 Å². The predicted octanol–water partition coefficient (Wildman–Crippen LogP) is 1.81. The van der Waals surface area contributed by atoms with E-state index in [1.807, 2.05) is 34.9 Å². The molecule has 1 fully saturated rings. The summed E-state index contributed by atoms with van der Waals surface area (Å²) in [6.07, 6.45) is 0.873. The van der Waals surface area contributed by atoms with Crippen LogP contribution in [-0.4, -0.2) is 55.7 Å². The fourth-order valence-corrected chi connectivity index (χ4v) is 1.54. The molecule has 0 aromatic carbocycles. The minimum absolute atomic E-state index is 0.174. The number of amides is 1. The zero-order chi connectivity index (χ0) is 11.8. The SMILES string of the molecule is CC.CCOC(=O)N1CCC(N(C)C)C1. The summed E-state index contributed by atoms with van der Waals surface area (Å²) in [6, 6.07) is 0.490. The van der Waals surface area contributed by atoms with Gasteiger partial charge in [0.05, 0.1) is 6.61 Å². The van der Waals surface area contributed by atoms with Crippen molar-refractivity contribution >= 4 is 6.09 Å². The Hall–Kier alpha value is -0.770. The normalized spacial score (nSPS) is 19.9. The van der Waals surface area contributed by atoms with Crippen molar-refractivity contribution in [3.8, 4) is 0 Å². The maximum Gasteiger partial charge on any atom is 0.409 e. The Morgan fingerprint density at radius 1 is 1.47 bits per heavy atom. The third-order valence-electron chi connectivity index (χ3n) is 2.42. The van der Waals surface area contributed by atoms with Crippen molar-refractivity contribution in [3.05, 3.63) is 0 Å².